The molecule has 0 bridgehead atoms. The summed E-state index contributed by atoms with van der Waals surface area (Å²) in [7, 11) is -16.8. The van der Waals surface area contributed by atoms with E-state index in [9.17, 15) is 28.5 Å². The van der Waals surface area contributed by atoms with Gasteiger partial charge in [0.05, 0.1) is 12.8 Å². The molecule has 0 saturated carbocycles. The van der Waals surface area contributed by atoms with Gasteiger partial charge in [-0.05, 0) is 6.92 Å². The average Bonchev–Trinajstić information content (AvgIpc) is 2.82. The third-order valence-corrected chi connectivity index (χ3v) is 7.47. The predicted octanol–water partition coefficient (Wildman–Crippen LogP) is -2.46. The highest BCUT2D eigenvalue weighted by molar-refractivity contribution is 7.66. The summed E-state index contributed by atoms with van der Waals surface area (Å²) in [4.78, 5) is 51.2. The Bertz CT molecular complexity index is 1130. The van der Waals surface area contributed by atoms with Gasteiger partial charge in [0.1, 0.15) is 18.0 Å². The van der Waals surface area contributed by atoms with Crippen LogP contribution in [0.5, 0.6) is 0 Å². The summed E-state index contributed by atoms with van der Waals surface area (Å²) in [5.41, 5.74) is 8.41. The first-order chi connectivity index (χ1) is 14.5. The maximum atomic E-state index is 12.1. The molecular formula is C11H18N5O13P3. The van der Waals surface area contributed by atoms with E-state index in [1.54, 1.807) is 0 Å². The Labute approximate surface area is 178 Å². The maximum absolute atomic E-state index is 12.1. The molecule has 1 fully saturated rings. The quantitative estimate of drug-likeness (QED) is 0.138. The van der Waals surface area contributed by atoms with Crippen molar-refractivity contribution < 1.29 is 56.3 Å². The van der Waals surface area contributed by atoms with Crippen molar-refractivity contribution in [2.24, 2.45) is 5.73 Å². The number of hydrogen-bond donors (Lipinski definition) is 7. The molecule has 1 saturated heterocycles. The summed E-state index contributed by atoms with van der Waals surface area (Å²) >= 11 is 0. The van der Waals surface area contributed by atoms with E-state index in [1.807, 2.05) is 0 Å². The second-order valence-electron chi connectivity index (χ2n) is 6.07. The SMILES string of the molecule is CC#CC1(N)[C@@H](O)[C@@H](COP(=O)(O)OP(=O)(O)OP(=O)(O)O)O[C@H]1n1ncc(N)nc1=O. The number of phosphoric acid groups is 3. The number of hydrogen-bond acceptors (Lipinski definition) is 13. The van der Waals surface area contributed by atoms with Crippen LogP contribution in [-0.2, 0) is 31.6 Å². The number of aromatic nitrogens is 3. The lowest BCUT2D eigenvalue weighted by atomic mass is 9.92. The summed E-state index contributed by atoms with van der Waals surface area (Å²) in [5.74, 6) is 4.64. The molecule has 0 amide bonds. The van der Waals surface area contributed by atoms with Crippen molar-refractivity contribution in [3.8, 4) is 11.8 Å². The van der Waals surface area contributed by atoms with Crippen molar-refractivity contribution in [1.82, 2.24) is 14.8 Å². The topological polar surface area (TPSA) is 289 Å². The number of rotatable bonds is 8. The summed E-state index contributed by atoms with van der Waals surface area (Å²) in [6.07, 6.45) is -3.96. The van der Waals surface area contributed by atoms with E-state index in [2.05, 4.69) is 35.1 Å². The molecule has 3 unspecified atom stereocenters. The van der Waals surface area contributed by atoms with Gasteiger partial charge in [0.15, 0.2) is 11.8 Å². The number of aliphatic hydroxyl groups excluding tert-OH is 1. The van der Waals surface area contributed by atoms with Crippen LogP contribution < -0.4 is 17.2 Å². The maximum Gasteiger partial charge on any atom is 0.490 e. The van der Waals surface area contributed by atoms with Crippen molar-refractivity contribution in [2.75, 3.05) is 12.3 Å². The number of ether oxygens (including phenoxy) is 1. The van der Waals surface area contributed by atoms with Crippen molar-refractivity contribution in [2.45, 2.75) is 30.9 Å². The highest BCUT2D eigenvalue weighted by Gasteiger charge is 2.56. The smallest absolute Gasteiger partial charge is 0.387 e. The summed E-state index contributed by atoms with van der Waals surface area (Å²) < 4.78 is 51.5. The Balaban J connectivity index is 2.23. The number of phosphoric ester groups is 1. The zero-order valence-electron chi connectivity index (χ0n) is 15.9. The predicted molar refractivity (Wildman–Crippen MR) is 101 cm³/mol. The standard InChI is InChI=1S/C11H18N5O13P3/c1-2-3-11(13)8(17)6(27-9(11)16-10(18)15-7(12)4-14-16)5-26-31(22,23)29-32(24,25)28-30(19,20)21/h4,6,8-9,17H,5,13H2,1H3,(H,22,23)(H,24,25)(H2,12,15,18)(H2,19,20,21)/t6-,8+,9-,11?/m1/s1. The Kier molecular flexibility index (Phi) is 7.82. The molecule has 180 valence electrons. The fraction of sp³-hybridized carbons (Fsp3) is 0.545. The first kappa shape index (κ1) is 26.7. The number of nitrogens with zero attached hydrogens (tertiary/aromatic N) is 3. The van der Waals surface area contributed by atoms with Crippen LogP contribution in [0.4, 0.5) is 5.82 Å². The summed E-state index contributed by atoms with van der Waals surface area (Å²) in [6, 6.07) is 0. The minimum Gasteiger partial charge on any atom is -0.387 e. The molecule has 32 heavy (non-hydrogen) atoms. The van der Waals surface area contributed by atoms with Crippen LogP contribution >= 0.6 is 23.5 Å². The molecular weight excluding hydrogens is 503 g/mol. The lowest BCUT2D eigenvalue weighted by Gasteiger charge is -2.26. The molecule has 2 rings (SSSR count). The Morgan fingerprint density at radius 1 is 1.25 bits per heavy atom. The molecule has 1 aliphatic heterocycles. The van der Waals surface area contributed by atoms with Gasteiger partial charge in [0.25, 0.3) is 0 Å². The minimum absolute atomic E-state index is 0.224. The van der Waals surface area contributed by atoms with E-state index in [0.717, 1.165) is 6.20 Å². The molecule has 18 nitrogen and oxygen atoms in total. The van der Waals surface area contributed by atoms with Gasteiger partial charge in [-0.3, -0.25) is 4.52 Å². The van der Waals surface area contributed by atoms with Crippen molar-refractivity contribution in [3.05, 3.63) is 16.7 Å². The molecule has 21 heteroatoms. The average molecular weight is 521 g/mol. The van der Waals surface area contributed by atoms with Gasteiger partial charge in [-0.15, -0.1) is 5.92 Å². The lowest BCUT2D eigenvalue weighted by Crippen LogP contribution is -2.55. The van der Waals surface area contributed by atoms with Gasteiger partial charge in [-0.25, -0.2) is 18.5 Å². The van der Waals surface area contributed by atoms with Crippen LogP contribution in [0.3, 0.4) is 0 Å². The first-order valence-corrected chi connectivity index (χ1v) is 12.6. The molecule has 2 heterocycles. The van der Waals surface area contributed by atoms with Gasteiger partial charge in [0.2, 0.25) is 0 Å². The Morgan fingerprint density at radius 2 is 1.88 bits per heavy atom. The zero-order chi connectivity index (χ0) is 24.5. The normalized spacial score (nSPS) is 29.5. The third-order valence-electron chi connectivity index (χ3n) is 3.67. The van der Waals surface area contributed by atoms with E-state index >= 15 is 0 Å². The lowest BCUT2D eigenvalue weighted by molar-refractivity contribution is -0.0519. The molecule has 1 aromatic heterocycles. The second-order valence-corrected chi connectivity index (χ2v) is 10.5. The van der Waals surface area contributed by atoms with E-state index in [0.29, 0.717) is 4.68 Å². The minimum atomic E-state index is -5.75. The highest BCUT2D eigenvalue weighted by Crippen LogP contribution is 2.66. The van der Waals surface area contributed by atoms with Crippen LogP contribution in [0.1, 0.15) is 13.2 Å². The Hall–Kier alpha value is -1.54. The monoisotopic (exact) mass is 521 g/mol. The molecule has 0 spiro atoms. The number of nitrogen functional groups attached to an aromatic ring is 1. The van der Waals surface area contributed by atoms with E-state index in [4.69, 9.17) is 30.9 Å². The van der Waals surface area contributed by atoms with Crippen LogP contribution in [0.15, 0.2) is 11.0 Å². The fourth-order valence-corrected chi connectivity index (χ4v) is 5.57. The van der Waals surface area contributed by atoms with Crippen LogP contribution in [0.25, 0.3) is 0 Å². The van der Waals surface area contributed by atoms with Crippen LogP contribution in [0, 0.1) is 11.8 Å². The van der Waals surface area contributed by atoms with Crippen LogP contribution in [0.2, 0.25) is 0 Å². The van der Waals surface area contributed by atoms with Gasteiger partial charge in [-0.2, -0.15) is 23.4 Å². The molecule has 1 aromatic rings. The van der Waals surface area contributed by atoms with Crippen molar-refractivity contribution >= 4 is 29.3 Å². The van der Waals surface area contributed by atoms with Gasteiger partial charge in [-0.1, -0.05) is 5.92 Å². The van der Waals surface area contributed by atoms with Crippen LogP contribution in [-0.4, -0.2) is 63.8 Å². The third kappa shape index (κ3) is 6.50. The van der Waals surface area contributed by atoms with Gasteiger partial charge >= 0.3 is 29.2 Å². The molecule has 0 aliphatic carbocycles. The first-order valence-electron chi connectivity index (χ1n) is 8.06. The largest absolute Gasteiger partial charge is 0.490 e. The Morgan fingerprint density at radius 3 is 2.41 bits per heavy atom. The summed E-state index contributed by atoms with van der Waals surface area (Å²) in [6.45, 7) is 0.318. The number of aliphatic hydroxyl groups is 1. The fourth-order valence-electron chi connectivity index (χ4n) is 2.54. The summed E-state index contributed by atoms with van der Waals surface area (Å²) in [5, 5.41) is 14.2. The van der Waals surface area contributed by atoms with E-state index in [-0.39, 0.29) is 5.82 Å². The molecule has 0 radical (unpaired) electrons. The van der Waals surface area contributed by atoms with Crippen molar-refractivity contribution in [1.29, 1.82) is 0 Å². The number of nitrogens with two attached hydrogens (primary N) is 2. The molecule has 0 aromatic carbocycles. The van der Waals surface area contributed by atoms with Gasteiger partial charge < -0.3 is 40.9 Å². The molecule has 1 aliphatic rings. The molecule has 9 N–H and O–H groups in total. The van der Waals surface area contributed by atoms with Gasteiger partial charge in [0, 0.05) is 0 Å². The number of anilines is 1. The van der Waals surface area contributed by atoms with E-state index in [1.165, 1.54) is 6.92 Å². The van der Waals surface area contributed by atoms with Crippen molar-refractivity contribution in [3.63, 3.8) is 0 Å². The molecule has 6 atom stereocenters. The second kappa shape index (κ2) is 9.37. The zero-order valence-corrected chi connectivity index (χ0v) is 18.5. The van der Waals surface area contributed by atoms with E-state index < -0.39 is 59.7 Å². The highest BCUT2D eigenvalue weighted by atomic mass is 31.3.